The van der Waals surface area contributed by atoms with Crippen molar-refractivity contribution in [2.45, 2.75) is 69.1 Å². The molecule has 0 radical (unpaired) electrons. The molecule has 126 valence electrons. The fourth-order valence-electron chi connectivity index (χ4n) is 6.13. The van der Waals surface area contributed by atoms with Gasteiger partial charge in [-0.15, -0.1) is 0 Å². The normalized spacial score (nSPS) is 47.8. The number of hydrogen-bond donors (Lipinski definition) is 2. The van der Waals surface area contributed by atoms with Gasteiger partial charge in [0.15, 0.2) is 0 Å². The molecule has 4 saturated carbocycles. The summed E-state index contributed by atoms with van der Waals surface area (Å²) in [6, 6.07) is 1.99. The van der Waals surface area contributed by atoms with Gasteiger partial charge in [-0.1, -0.05) is 6.92 Å². The topological polar surface area (TPSA) is 76.4 Å². The quantitative estimate of drug-likeness (QED) is 0.825. The lowest BCUT2D eigenvalue weighted by Gasteiger charge is -2.63. The summed E-state index contributed by atoms with van der Waals surface area (Å²) in [5, 5.41) is 23.7. The monoisotopic (exact) mass is 317 g/mol. The summed E-state index contributed by atoms with van der Waals surface area (Å²) < 4.78 is 0. The van der Waals surface area contributed by atoms with Crippen LogP contribution in [0, 0.1) is 29.1 Å². The van der Waals surface area contributed by atoms with Crippen LogP contribution in [-0.2, 0) is 4.79 Å². The lowest BCUT2D eigenvalue weighted by atomic mass is 9.47. The number of aliphatic hydroxyl groups is 1. The number of nitrogens with one attached hydrogen (secondary N) is 1. The molecule has 1 saturated heterocycles. The van der Waals surface area contributed by atoms with Crippen molar-refractivity contribution in [2.75, 3.05) is 13.1 Å². The Hall–Kier alpha value is -1.12. The van der Waals surface area contributed by atoms with Gasteiger partial charge in [0, 0.05) is 12.1 Å². The molecule has 1 heterocycles. The standard InChI is InChI=1S/C18H27N3O2/c1-12-14-5-13-6-17(8-14,11-18(12,23)7-13)20-10-16(22)21-4-2-3-15(21)9-19/h12-15,20,23H,2-8,10-11H2,1H3/t12-,13-,14?,15-,17+,18?/m0/s1. The molecule has 23 heavy (non-hydrogen) atoms. The summed E-state index contributed by atoms with van der Waals surface area (Å²) >= 11 is 0. The third-order valence-corrected chi connectivity index (χ3v) is 7.15. The number of likely N-dealkylation sites (tertiary alicyclic amines) is 1. The SMILES string of the molecule is C[C@H]1C2C[C@@H]3CC1(O)C[C@](NCC(=O)N1CCC[C@H]1C#N)(C2)C3. The second kappa shape index (κ2) is 5.19. The highest BCUT2D eigenvalue weighted by molar-refractivity contribution is 5.79. The van der Waals surface area contributed by atoms with Crippen LogP contribution in [0.15, 0.2) is 0 Å². The zero-order valence-corrected chi connectivity index (χ0v) is 13.9. The van der Waals surface area contributed by atoms with Crippen LogP contribution in [0.1, 0.15) is 51.9 Å². The molecule has 5 fully saturated rings. The first kappa shape index (κ1) is 15.4. The van der Waals surface area contributed by atoms with Crippen molar-refractivity contribution >= 4 is 5.91 Å². The molecule has 2 N–H and O–H groups in total. The Morgan fingerprint density at radius 2 is 2.26 bits per heavy atom. The largest absolute Gasteiger partial charge is 0.390 e. The maximum atomic E-state index is 12.5. The Labute approximate surface area is 138 Å². The predicted molar refractivity (Wildman–Crippen MR) is 85.3 cm³/mol. The average Bonchev–Trinajstić information content (AvgIpc) is 2.98. The summed E-state index contributed by atoms with van der Waals surface area (Å²) in [5.41, 5.74) is -0.604. The van der Waals surface area contributed by atoms with Crippen molar-refractivity contribution in [1.29, 1.82) is 5.26 Å². The zero-order chi connectivity index (χ0) is 16.2. The fraction of sp³-hybridized carbons (Fsp3) is 0.889. The molecule has 4 bridgehead atoms. The highest BCUT2D eigenvalue weighted by Gasteiger charge is 2.60. The van der Waals surface area contributed by atoms with E-state index in [0.29, 0.717) is 30.8 Å². The highest BCUT2D eigenvalue weighted by atomic mass is 16.3. The number of amides is 1. The molecule has 5 heteroatoms. The van der Waals surface area contributed by atoms with Gasteiger partial charge < -0.3 is 15.3 Å². The molecule has 0 aromatic carbocycles. The second-order valence-electron chi connectivity index (χ2n) is 8.55. The number of rotatable bonds is 3. The van der Waals surface area contributed by atoms with Crippen molar-refractivity contribution in [2.24, 2.45) is 17.8 Å². The van der Waals surface area contributed by atoms with Gasteiger partial charge in [-0.3, -0.25) is 4.79 Å². The molecule has 5 rings (SSSR count). The maximum Gasteiger partial charge on any atom is 0.237 e. The van der Waals surface area contributed by atoms with Crippen molar-refractivity contribution < 1.29 is 9.90 Å². The Balaban J connectivity index is 1.43. The summed E-state index contributed by atoms with van der Waals surface area (Å²) in [6.07, 6.45) is 6.86. The maximum absolute atomic E-state index is 12.5. The predicted octanol–water partition coefficient (Wildman–Crippen LogP) is 1.42. The third-order valence-electron chi connectivity index (χ3n) is 7.15. The van der Waals surface area contributed by atoms with E-state index < -0.39 is 5.60 Å². The molecule has 1 amide bonds. The van der Waals surface area contributed by atoms with Crippen molar-refractivity contribution in [1.82, 2.24) is 10.2 Å². The van der Waals surface area contributed by atoms with Gasteiger partial charge in [0.05, 0.1) is 18.2 Å². The Morgan fingerprint density at radius 3 is 3.00 bits per heavy atom. The molecule has 6 atom stereocenters. The van der Waals surface area contributed by atoms with Crippen molar-refractivity contribution in [3.05, 3.63) is 0 Å². The number of nitriles is 1. The number of hydrogen-bond acceptors (Lipinski definition) is 4. The first-order valence-electron chi connectivity index (χ1n) is 9.11. The number of carbonyl (C=O) groups is 1. The summed E-state index contributed by atoms with van der Waals surface area (Å²) in [7, 11) is 0. The van der Waals surface area contributed by atoms with Crippen molar-refractivity contribution in [3.63, 3.8) is 0 Å². The van der Waals surface area contributed by atoms with E-state index in [1.54, 1.807) is 4.90 Å². The summed E-state index contributed by atoms with van der Waals surface area (Å²) in [5.74, 6) is 1.61. The van der Waals surface area contributed by atoms with Crippen LogP contribution in [0.25, 0.3) is 0 Å². The zero-order valence-electron chi connectivity index (χ0n) is 13.9. The average molecular weight is 317 g/mol. The summed E-state index contributed by atoms with van der Waals surface area (Å²) in [4.78, 5) is 14.2. The smallest absolute Gasteiger partial charge is 0.237 e. The van der Waals surface area contributed by atoms with E-state index in [9.17, 15) is 9.90 Å². The van der Waals surface area contributed by atoms with Crippen LogP contribution in [0.2, 0.25) is 0 Å². The molecule has 5 aliphatic rings. The first-order chi connectivity index (χ1) is 10.9. The van der Waals surface area contributed by atoms with E-state index in [2.05, 4.69) is 18.3 Å². The first-order valence-corrected chi connectivity index (χ1v) is 9.11. The van der Waals surface area contributed by atoms with Crippen LogP contribution >= 0.6 is 0 Å². The van der Waals surface area contributed by atoms with Crippen LogP contribution in [0.3, 0.4) is 0 Å². The van der Waals surface area contributed by atoms with Crippen molar-refractivity contribution in [3.8, 4) is 6.07 Å². The Kier molecular flexibility index (Phi) is 3.48. The minimum atomic E-state index is -0.539. The van der Waals surface area contributed by atoms with Gasteiger partial charge >= 0.3 is 0 Å². The van der Waals surface area contributed by atoms with Gasteiger partial charge in [-0.2, -0.15) is 5.26 Å². The molecule has 1 aliphatic heterocycles. The van der Waals surface area contributed by atoms with Crippen LogP contribution in [0.5, 0.6) is 0 Å². The van der Waals surface area contributed by atoms with E-state index in [0.717, 1.165) is 38.5 Å². The van der Waals surface area contributed by atoms with E-state index in [-0.39, 0.29) is 17.5 Å². The van der Waals surface area contributed by atoms with Gasteiger partial charge in [0.2, 0.25) is 5.91 Å². The molecule has 4 aliphatic carbocycles. The number of nitrogens with zero attached hydrogens (tertiary/aromatic N) is 2. The third kappa shape index (κ3) is 2.38. The minimum absolute atomic E-state index is 0.0461. The Bertz CT molecular complexity index is 559. The Morgan fingerprint density at radius 1 is 1.43 bits per heavy atom. The molecule has 5 nitrogen and oxygen atoms in total. The van der Waals surface area contributed by atoms with Gasteiger partial charge in [0.1, 0.15) is 6.04 Å². The molecule has 0 aromatic rings. The van der Waals surface area contributed by atoms with Crippen LogP contribution < -0.4 is 5.32 Å². The molecule has 0 aromatic heterocycles. The van der Waals surface area contributed by atoms with Gasteiger partial charge in [-0.05, 0) is 62.7 Å². The molecule has 0 spiro atoms. The van der Waals surface area contributed by atoms with Gasteiger partial charge in [0.25, 0.3) is 0 Å². The van der Waals surface area contributed by atoms with Crippen LogP contribution in [0.4, 0.5) is 0 Å². The van der Waals surface area contributed by atoms with E-state index >= 15 is 0 Å². The van der Waals surface area contributed by atoms with E-state index in [1.807, 2.05) is 0 Å². The lowest BCUT2D eigenvalue weighted by Crippen LogP contribution is -2.68. The van der Waals surface area contributed by atoms with Crippen LogP contribution in [-0.4, -0.2) is 46.2 Å². The molecule has 2 unspecified atom stereocenters. The number of carbonyl (C=O) groups excluding carboxylic acids is 1. The van der Waals surface area contributed by atoms with Gasteiger partial charge in [-0.25, -0.2) is 0 Å². The van der Waals surface area contributed by atoms with E-state index in [4.69, 9.17) is 5.26 Å². The molecular formula is C18H27N3O2. The highest BCUT2D eigenvalue weighted by Crippen LogP contribution is 2.59. The lowest BCUT2D eigenvalue weighted by molar-refractivity contribution is -0.180. The fourth-order valence-corrected chi connectivity index (χ4v) is 6.13. The minimum Gasteiger partial charge on any atom is -0.390 e. The summed E-state index contributed by atoms with van der Waals surface area (Å²) in [6.45, 7) is 3.21. The van der Waals surface area contributed by atoms with E-state index in [1.165, 1.54) is 6.42 Å². The molecular weight excluding hydrogens is 290 g/mol. The second-order valence-corrected chi connectivity index (χ2v) is 8.55.